The maximum absolute atomic E-state index is 5.87. The van der Waals surface area contributed by atoms with Gasteiger partial charge in [-0.05, 0) is 43.3 Å². The predicted molar refractivity (Wildman–Crippen MR) is 108 cm³/mol. The molecule has 148 valence electrons. The summed E-state index contributed by atoms with van der Waals surface area (Å²) in [7, 11) is 3.27. The largest absolute Gasteiger partial charge is 0.497 e. The fourth-order valence-electron chi connectivity index (χ4n) is 2.70. The molecule has 0 unspecified atom stereocenters. The molecule has 0 aliphatic heterocycles. The highest BCUT2D eigenvalue weighted by molar-refractivity contribution is 7.99. The molecule has 0 spiro atoms. The Morgan fingerprint density at radius 2 is 1.76 bits per heavy atom. The molecule has 0 saturated heterocycles. The molecular formula is C20H19N5O3S. The van der Waals surface area contributed by atoms with Crippen molar-refractivity contribution in [2.75, 3.05) is 14.2 Å². The van der Waals surface area contributed by atoms with Crippen molar-refractivity contribution in [3.63, 3.8) is 0 Å². The molecule has 4 rings (SSSR count). The Kier molecular flexibility index (Phi) is 5.48. The summed E-state index contributed by atoms with van der Waals surface area (Å²) < 4.78 is 18.2. The second-order valence-electron chi connectivity index (χ2n) is 6.12. The summed E-state index contributed by atoms with van der Waals surface area (Å²) in [6, 6.07) is 15.2. The monoisotopic (exact) mass is 409 g/mol. The first kappa shape index (κ1) is 19.0. The van der Waals surface area contributed by atoms with Crippen molar-refractivity contribution in [2.24, 2.45) is 0 Å². The molecule has 2 aromatic heterocycles. The van der Waals surface area contributed by atoms with E-state index in [2.05, 4.69) is 20.4 Å². The zero-order valence-electron chi connectivity index (χ0n) is 16.1. The lowest BCUT2D eigenvalue weighted by atomic mass is 10.2. The number of nitrogens with zero attached hydrogens (tertiary/aromatic N) is 5. The van der Waals surface area contributed by atoms with Crippen molar-refractivity contribution in [1.82, 2.24) is 25.0 Å². The minimum atomic E-state index is -0.108. The fourth-order valence-corrected chi connectivity index (χ4v) is 3.57. The number of hydrogen-bond acceptors (Lipinski definition) is 8. The van der Waals surface area contributed by atoms with Gasteiger partial charge in [0.15, 0.2) is 5.16 Å². The van der Waals surface area contributed by atoms with E-state index in [1.54, 1.807) is 20.5 Å². The van der Waals surface area contributed by atoms with Gasteiger partial charge in [0.25, 0.3) is 0 Å². The summed E-state index contributed by atoms with van der Waals surface area (Å²) in [5, 5.41) is 17.2. The van der Waals surface area contributed by atoms with Gasteiger partial charge in [-0.3, -0.25) is 4.57 Å². The molecule has 0 bridgehead atoms. The standard InChI is InChI=1S/C20H19N5O3S/c1-13(18-22-23-19(28-18)14-7-9-16(26-2)10-8-14)29-20-24-21-12-25(20)15-5-4-6-17(11-15)27-3/h4-13H,1-3H3/t13-/m1/s1. The Labute approximate surface area is 171 Å². The van der Waals surface area contributed by atoms with Crippen LogP contribution in [0.4, 0.5) is 0 Å². The van der Waals surface area contributed by atoms with E-state index in [0.717, 1.165) is 27.9 Å². The normalized spacial score (nSPS) is 12.0. The molecule has 29 heavy (non-hydrogen) atoms. The van der Waals surface area contributed by atoms with Crippen LogP contribution in [0.15, 0.2) is 64.4 Å². The molecular weight excluding hydrogens is 390 g/mol. The molecule has 1 atom stereocenters. The number of benzene rings is 2. The lowest BCUT2D eigenvalue weighted by molar-refractivity contribution is 0.414. The second-order valence-corrected chi connectivity index (χ2v) is 7.43. The Balaban J connectivity index is 1.52. The summed E-state index contributed by atoms with van der Waals surface area (Å²) in [6.07, 6.45) is 1.67. The molecule has 0 aliphatic rings. The minimum absolute atomic E-state index is 0.108. The van der Waals surface area contributed by atoms with E-state index < -0.39 is 0 Å². The highest BCUT2D eigenvalue weighted by Crippen LogP contribution is 2.35. The molecule has 0 radical (unpaired) electrons. The lowest BCUT2D eigenvalue weighted by Gasteiger charge is -2.10. The summed E-state index contributed by atoms with van der Waals surface area (Å²) in [6.45, 7) is 1.99. The van der Waals surface area contributed by atoms with E-state index in [-0.39, 0.29) is 5.25 Å². The molecule has 8 nitrogen and oxygen atoms in total. The Hall–Kier alpha value is -3.33. The number of rotatable bonds is 7. The van der Waals surface area contributed by atoms with Gasteiger partial charge in [-0.15, -0.1) is 20.4 Å². The number of ether oxygens (including phenoxy) is 2. The highest BCUT2D eigenvalue weighted by Gasteiger charge is 2.19. The first-order chi connectivity index (χ1) is 14.2. The smallest absolute Gasteiger partial charge is 0.247 e. The quantitative estimate of drug-likeness (QED) is 0.420. The number of aromatic nitrogens is 5. The van der Waals surface area contributed by atoms with Crippen LogP contribution in [0.2, 0.25) is 0 Å². The summed E-state index contributed by atoms with van der Waals surface area (Å²) in [4.78, 5) is 0. The van der Waals surface area contributed by atoms with E-state index in [9.17, 15) is 0 Å². The number of thioether (sulfide) groups is 1. The van der Waals surface area contributed by atoms with Gasteiger partial charge in [0.05, 0.1) is 25.2 Å². The number of hydrogen-bond donors (Lipinski definition) is 0. The molecule has 9 heteroatoms. The van der Waals surface area contributed by atoms with Gasteiger partial charge < -0.3 is 13.9 Å². The van der Waals surface area contributed by atoms with Crippen LogP contribution < -0.4 is 9.47 Å². The maximum atomic E-state index is 5.87. The van der Waals surface area contributed by atoms with Gasteiger partial charge in [-0.25, -0.2) is 0 Å². The molecule has 0 N–H and O–H groups in total. The van der Waals surface area contributed by atoms with Crippen molar-refractivity contribution in [1.29, 1.82) is 0 Å². The molecule has 4 aromatic rings. The van der Waals surface area contributed by atoms with Crippen molar-refractivity contribution in [2.45, 2.75) is 17.3 Å². The van der Waals surface area contributed by atoms with Gasteiger partial charge in [0, 0.05) is 11.6 Å². The molecule has 0 fully saturated rings. The van der Waals surface area contributed by atoms with Crippen molar-refractivity contribution >= 4 is 11.8 Å². The van der Waals surface area contributed by atoms with Crippen LogP contribution in [0.1, 0.15) is 18.1 Å². The van der Waals surface area contributed by atoms with Crippen molar-refractivity contribution in [3.8, 4) is 28.6 Å². The predicted octanol–water partition coefficient (Wildman–Crippen LogP) is 4.19. The van der Waals surface area contributed by atoms with Crippen LogP contribution in [0.3, 0.4) is 0 Å². The summed E-state index contributed by atoms with van der Waals surface area (Å²) in [5.41, 5.74) is 1.75. The van der Waals surface area contributed by atoms with E-state index in [1.807, 2.05) is 60.0 Å². The average Bonchev–Trinajstić information content (AvgIpc) is 3.44. The molecule has 0 amide bonds. The fraction of sp³-hybridized carbons (Fsp3) is 0.200. The van der Waals surface area contributed by atoms with E-state index in [0.29, 0.717) is 11.8 Å². The average molecular weight is 409 g/mol. The van der Waals surface area contributed by atoms with Crippen LogP contribution in [0.5, 0.6) is 11.5 Å². The SMILES string of the molecule is COc1ccc(-c2nnc([C@@H](C)Sc3nncn3-c3cccc(OC)c3)o2)cc1. The zero-order chi connectivity index (χ0) is 20.2. The third kappa shape index (κ3) is 4.09. The summed E-state index contributed by atoms with van der Waals surface area (Å²) in [5.74, 6) is 2.51. The van der Waals surface area contributed by atoms with Crippen LogP contribution in [-0.4, -0.2) is 39.2 Å². The molecule has 2 heterocycles. The van der Waals surface area contributed by atoms with E-state index >= 15 is 0 Å². The third-order valence-corrected chi connectivity index (χ3v) is 5.30. The Morgan fingerprint density at radius 1 is 0.966 bits per heavy atom. The van der Waals surface area contributed by atoms with Gasteiger partial charge in [-0.2, -0.15) is 0 Å². The zero-order valence-corrected chi connectivity index (χ0v) is 17.0. The topological polar surface area (TPSA) is 88.1 Å². The van der Waals surface area contributed by atoms with Crippen LogP contribution in [-0.2, 0) is 0 Å². The van der Waals surface area contributed by atoms with Gasteiger partial charge in [-0.1, -0.05) is 17.8 Å². The van der Waals surface area contributed by atoms with Gasteiger partial charge >= 0.3 is 0 Å². The third-order valence-electron chi connectivity index (χ3n) is 4.26. The summed E-state index contributed by atoms with van der Waals surface area (Å²) >= 11 is 1.49. The molecule has 2 aromatic carbocycles. The van der Waals surface area contributed by atoms with Crippen LogP contribution in [0, 0.1) is 0 Å². The Morgan fingerprint density at radius 3 is 2.52 bits per heavy atom. The molecule has 0 saturated carbocycles. The van der Waals surface area contributed by atoms with Gasteiger partial charge in [0.1, 0.15) is 17.8 Å². The number of methoxy groups -OCH3 is 2. The van der Waals surface area contributed by atoms with E-state index in [4.69, 9.17) is 13.9 Å². The van der Waals surface area contributed by atoms with Crippen LogP contribution >= 0.6 is 11.8 Å². The van der Waals surface area contributed by atoms with Crippen molar-refractivity contribution < 1.29 is 13.9 Å². The highest BCUT2D eigenvalue weighted by atomic mass is 32.2. The second kappa shape index (κ2) is 8.36. The minimum Gasteiger partial charge on any atom is -0.497 e. The molecule has 0 aliphatic carbocycles. The van der Waals surface area contributed by atoms with E-state index in [1.165, 1.54) is 11.8 Å². The lowest BCUT2D eigenvalue weighted by Crippen LogP contribution is -1.98. The maximum Gasteiger partial charge on any atom is 0.247 e. The first-order valence-corrected chi connectivity index (χ1v) is 9.75. The van der Waals surface area contributed by atoms with Crippen molar-refractivity contribution in [3.05, 3.63) is 60.7 Å². The first-order valence-electron chi connectivity index (χ1n) is 8.87. The van der Waals surface area contributed by atoms with Gasteiger partial charge in [0.2, 0.25) is 11.8 Å². The van der Waals surface area contributed by atoms with Crippen LogP contribution in [0.25, 0.3) is 17.1 Å². The Bertz CT molecular complexity index is 1090.